The number of aliphatic hydroxyl groups excluding tert-OH is 2. The average Bonchev–Trinajstić information content (AvgIpc) is 2.26. The summed E-state index contributed by atoms with van der Waals surface area (Å²) in [5.41, 5.74) is 0.499. The third-order valence-corrected chi connectivity index (χ3v) is 2.62. The molecule has 0 fully saturated rings. The molecule has 2 N–H and O–H groups in total. The minimum Gasteiger partial charge on any atom is -0.488 e. The van der Waals surface area contributed by atoms with Crippen molar-refractivity contribution < 1.29 is 19.3 Å². The van der Waals surface area contributed by atoms with Crippen LogP contribution in [0.1, 0.15) is 32.4 Å². The largest absolute Gasteiger partial charge is 0.488 e. The molecule has 0 aliphatic carbocycles. The van der Waals surface area contributed by atoms with Crippen molar-refractivity contribution in [3.63, 3.8) is 0 Å². The molecule has 3 nitrogen and oxygen atoms in total. The molecule has 0 heterocycles. The molecule has 0 saturated heterocycles. The summed E-state index contributed by atoms with van der Waals surface area (Å²) in [5, 5.41) is 18.8. The first-order chi connectivity index (χ1) is 7.91. The van der Waals surface area contributed by atoms with Gasteiger partial charge in [0.2, 0.25) is 0 Å². The fourth-order valence-electron chi connectivity index (χ4n) is 1.26. The van der Waals surface area contributed by atoms with E-state index in [1.54, 1.807) is 13.0 Å². The normalized spacial score (nSPS) is 14.8. The topological polar surface area (TPSA) is 49.7 Å². The van der Waals surface area contributed by atoms with E-state index in [1.807, 2.05) is 13.8 Å². The van der Waals surface area contributed by atoms with Crippen LogP contribution >= 0.6 is 0 Å². The molecule has 1 unspecified atom stereocenters. The van der Waals surface area contributed by atoms with Crippen molar-refractivity contribution in [2.45, 2.75) is 33.0 Å². The third kappa shape index (κ3) is 3.98. The predicted octanol–water partition coefficient (Wildman–Crippen LogP) is 2.27. The summed E-state index contributed by atoms with van der Waals surface area (Å²) in [7, 11) is 0. The second-order valence-corrected chi connectivity index (χ2v) is 4.49. The van der Waals surface area contributed by atoms with E-state index in [1.165, 1.54) is 12.1 Å². The first kappa shape index (κ1) is 13.9. The van der Waals surface area contributed by atoms with Crippen LogP contribution in [-0.4, -0.2) is 22.9 Å². The van der Waals surface area contributed by atoms with E-state index in [0.717, 1.165) is 0 Å². The highest BCUT2D eigenvalue weighted by Gasteiger charge is 2.12. The second-order valence-electron chi connectivity index (χ2n) is 4.49. The minimum atomic E-state index is -0.709. The van der Waals surface area contributed by atoms with Crippen molar-refractivity contribution in [1.82, 2.24) is 0 Å². The highest BCUT2D eigenvalue weighted by molar-refractivity contribution is 5.30. The van der Waals surface area contributed by atoms with Crippen molar-refractivity contribution in [3.8, 4) is 5.75 Å². The molecule has 1 aromatic carbocycles. The Morgan fingerprint density at radius 1 is 1.24 bits per heavy atom. The molecule has 0 bridgehead atoms. The van der Waals surface area contributed by atoms with Gasteiger partial charge in [-0.25, -0.2) is 4.39 Å². The number of rotatable bonds is 5. The number of benzene rings is 1. The summed E-state index contributed by atoms with van der Waals surface area (Å²) in [4.78, 5) is 0. The average molecular weight is 242 g/mol. The molecule has 1 aromatic rings. The fourth-order valence-corrected chi connectivity index (χ4v) is 1.26. The van der Waals surface area contributed by atoms with Gasteiger partial charge in [-0.2, -0.15) is 0 Å². The van der Waals surface area contributed by atoms with Gasteiger partial charge < -0.3 is 14.9 Å². The Labute approximate surface area is 101 Å². The van der Waals surface area contributed by atoms with E-state index >= 15 is 0 Å². The lowest BCUT2D eigenvalue weighted by Gasteiger charge is -2.16. The van der Waals surface area contributed by atoms with Crippen LogP contribution in [-0.2, 0) is 0 Å². The van der Waals surface area contributed by atoms with Crippen LogP contribution in [0.15, 0.2) is 18.2 Å². The maximum absolute atomic E-state index is 13.5. The molecule has 0 aliphatic rings. The van der Waals surface area contributed by atoms with Crippen molar-refractivity contribution in [3.05, 3.63) is 29.6 Å². The minimum absolute atomic E-state index is 0.0581. The molecule has 0 saturated carbocycles. The zero-order chi connectivity index (χ0) is 13.0. The van der Waals surface area contributed by atoms with Crippen molar-refractivity contribution >= 4 is 0 Å². The van der Waals surface area contributed by atoms with Crippen LogP contribution in [0.5, 0.6) is 5.75 Å². The van der Waals surface area contributed by atoms with Crippen LogP contribution in [0.3, 0.4) is 0 Å². The molecule has 0 aliphatic heterocycles. The van der Waals surface area contributed by atoms with Gasteiger partial charge in [-0.3, -0.25) is 0 Å². The van der Waals surface area contributed by atoms with Crippen molar-refractivity contribution in [2.75, 3.05) is 6.61 Å². The number of ether oxygens (including phenoxy) is 1. The van der Waals surface area contributed by atoms with Gasteiger partial charge in [-0.05, 0) is 30.5 Å². The highest BCUT2D eigenvalue weighted by atomic mass is 19.1. The zero-order valence-corrected chi connectivity index (χ0v) is 10.4. The van der Waals surface area contributed by atoms with E-state index < -0.39 is 18.0 Å². The van der Waals surface area contributed by atoms with Gasteiger partial charge in [0.25, 0.3) is 0 Å². The summed E-state index contributed by atoms with van der Waals surface area (Å²) >= 11 is 0. The highest BCUT2D eigenvalue weighted by Crippen LogP contribution is 2.22. The predicted molar refractivity (Wildman–Crippen MR) is 63.4 cm³/mol. The van der Waals surface area contributed by atoms with E-state index in [4.69, 9.17) is 4.74 Å². The summed E-state index contributed by atoms with van der Waals surface area (Å²) < 4.78 is 18.7. The van der Waals surface area contributed by atoms with E-state index in [2.05, 4.69) is 0 Å². The summed E-state index contributed by atoms with van der Waals surface area (Å²) in [6.07, 6.45) is -1.33. The van der Waals surface area contributed by atoms with Gasteiger partial charge in [0.05, 0.1) is 12.2 Å². The van der Waals surface area contributed by atoms with E-state index in [0.29, 0.717) is 5.56 Å². The molecule has 0 aromatic heterocycles. The lowest BCUT2D eigenvalue weighted by molar-refractivity contribution is 0.0684. The van der Waals surface area contributed by atoms with Crippen molar-refractivity contribution in [2.24, 2.45) is 5.92 Å². The van der Waals surface area contributed by atoms with Gasteiger partial charge in [-0.1, -0.05) is 19.9 Å². The summed E-state index contributed by atoms with van der Waals surface area (Å²) in [6, 6.07) is 4.30. The molecule has 0 radical (unpaired) electrons. The third-order valence-electron chi connectivity index (χ3n) is 2.62. The number of halogens is 1. The molecule has 17 heavy (non-hydrogen) atoms. The second kappa shape index (κ2) is 5.98. The zero-order valence-electron chi connectivity index (χ0n) is 10.4. The van der Waals surface area contributed by atoms with Gasteiger partial charge in [0.15, 0.2) is 11.6 Å². The maximum Gasteiger partial charge on any atom is 0.165 e. The lowest BCUT2D eigenvalue weighted by atomic mass is 10.1. The van der Waals surface area contributed by atoms with Crippen molar-refractivity contribution in [1.29, 1.82) is 0 Å². The number of hydrogen-bond donors (Lipinski definition) is 2. The summed E-state index contributed by atoms with van der Waals surface area (Å²) in [5.74, 6) is -0.372. The number of hydrogen-bond acceptors (Lipinski definition) is 3. The molecule has 4 heteroatoms. The monoisotopic (exact) mass is 242 g/mol. The lowest BCUT2D eigenvalue weighted by Crippen LogP contribution is -2.23. The maximum atomic E-state index is 13.5. The van der Waals surface area contributed by atoms with Crippen LogP contribution in [0, 0.1) is 11.7 Å². The Kier molecular flexibility index (Phi) is 4.90. The quantitative estimate of drug-likeness (QED) is 0.832. The van der Waals surface area contributed by atoms with Crippen LogP contribution in [0.2, 0.25) is 0 Å². The van der Waals surface area contributed by atoms with Gasteiger partial charge >= 0.3 is 0 Å². The fraction of sp³-hybridized carbons (Fsp3) is 0.538. The first-order valence-electron chi connectivity index (χ1n) is 5.70. The van der Waals surface area contributed by atoms with Crippen LogP contribution in [0.4, 0.5) is 4.39 Å². The Balaban J connectivity index is 2.67. The Morgan fingerprint density at radius 3 is 2.35 bits per heavy atom. The Morgan fingerprint density at radius 2 is 1.88 bits per heavy atom. The molecule has 96 valence electrons. The van der Waals surface area contributed by atoms with Gasteiger partial charge in [0.1, 0.15) is 6.61 Å². The van der Waals surface area contributed by atoms with Gasteiger partial charge in [-0.15, -0.1) is 0 Å². The first-order valence-corrected chi connectivity index (χ1v) is 5.70. The molecule has 2 atom stereocenters. The van der Waals surface area contributed by atoms with E-state index in [9.17, 15) is 14.6 Å². The Hall–Kier alpha value is -1.13. The van der Waals surface area contributed by atoms with Gasteiger partial charge in [0, 0.05) is 0 Å². The molecule has 0 spiro atoms. The van der Waals surface area contributed by atoms with Crippen LogP contribution in [0.25, 0.3) is 0 Å². The molecular weight excluding hydrogens is 223 g/mol. The molecular formula is C13H19FO3. The SMILES string of the molecule is CC(C)C(O)COc1ccc([C@H](C)O)cc1F. The molecule has 1 rings (SSSR count). The smallest absolute Gasteiger partial charge is 0.165 e. The van der Waals surface area contributed by atoms with E-state index in [-0.39, 0.29) is 18.3 Å². The van der Waals surface area contributed by atoms with Crippen LogP contribution < -0.4 is 4.74 Å². The molecule has 0 amide bonds. The summed E-state index contributed by atoms with van der Waals surface area (Å²) in [6.45, 7) is 5.35. The Bertz CT molecular complexity index is 364. The number of aliphatic hydroxyl groups is 2. The standard InChI is InChI=1S/C13H19FO3/c1-8(2)12(16)7-17-13-5-4-10(9(3)15)6-11(13)14/h4-6,8-9,12,15-16H,7H2,1-3H3/t9-,12?/m0/s1.